The summed E-state index contributed by atoms with van der Waals surface area (Å²) in [5, 5.41) is 19.7. The highest BCUT2D eigenvalue weighted by Gasteiger charge is 2.31. The maximum atomic E-state index is 12.0. The van der Waals surface area contributed by atoms with Gasteiger partial charge < -0.3 is 19.6 Å². The lowest BCUT2D eigenvalue weighted by atomic mass is 10.0. The van der Waals surface area contributed by atoms with Gasteiger partial charge >= 0.3 is 7.82 Å². The first kappa shape index (κ1) is 32.7. The number of hydrogen-bond acceptors (Lipinski definition) is 6. The Morgan fingerprint density at radius 1 is 0.848 bits per heavy atom. The van der Waals surface area contributed by atoms with Crippen molar-refractivity contribution in [2.75, 3.05) is 34.3 Å². The fraction of sp³-hybridized carbons (Fsp3) is 0.958. The van der Waals surface area contributed by atoms with Crippen molar-refractivity contribution in [3.05, 3.63) is 0 Å². The number of carbonyl (C=O) groups is 1. The molecule has 0 aromatic heterocycles. The van der Waals surface area contributed by atoms with Crippen molar-refractivity contribution in [2.45, 2.75) is 116 Å². The van der Waals surface area contributed by atoms with Crippen molar-refractivity contribution in [1.29, 1.82) is 0 Å². The highest BCUT2D eigenvalue weighted by atomic mass is 31.2. The predicted molar refractivity (Wildman–Crippen MR) is 132 cm³/mol. The molecule has 0 aromatic carbocycles. The lowest BCUT2D eigenvalue weighted by molar-refractivity contribution is -0.870. The minimum absolute atomic E-state index is 0.0436. The summed E-state index contributed by atoms with van der Waals surface area (Å²) in [6.07, 6.45) is 12.4. The van der Waals surface area contributed by atoms with E-state index >= 15 is 0 Å². The summed E-state index contributed by atoms with van der Waals surface area (Å²) in [5.41, 5.74) is 0. The third-order valence-corrected chi connectivity index (χ3v) is 6.57. The van der Waals surface area contributed by atoms with E-state index in [1.165, 1.54) is 64.2 Å². The molecule has 0 heterocycles. The number of phosphoric ester groups is 1. The van der Waals surface area contributed by atoms with Gasteiger partial charge in [0.05, 0.1) is 21.1 Å². The summed E-state index contributed by atoms with van der Waals surface area (Å²) in [7, 11) is 1.18. The molecule has 0 aliphatic carbocycles. The topological polar surface area (TPSA) is 113 Å². The van der Waals surface area contributed by atoms with Crippen molar-refractivity contribution in [3.8, 4) is 0 Å². The average molecular weight is 497 g/mol. The van der Waals surface area contributed by atoms with Crippen LogP contribution in [-0.2, 0) is 18.4 Å². The number of Topliss-reactive ketones (excluding diaryl/α,β-unsaturated/α-hetero) is 1. The van der Waals surface area contributed by atoms with Crippen LogP contribution in [-0.4, -0.2) is 72.1 Å². The molecule has 33 heavy (non-hydrogen) atoms. The van der Waals surface area contributed by atoms with Gasteiger partial charge in [0.2, 0.25) is 0 Å². The van der Waals surface area contributed by atoms with Crippen LogP contribution in [0.3, 0.4) is 0 Å². The Kier molecular flexibility index (Phi) is 18.7. The van der Waals surface area contributed by atoms with Gasteiger partial charge in [0, 0.05) is 12.8 Å². The third kappa shape index (κ3) is 21.9. The number of nitrogens with zero attached hydrogens (tertiary/aromatic N) is 1. The van der Waals surface area contributed by atoms with E-state index < -0.39 is 20.2 Å². The van der Waals surface area contributed by atoms with E-state index in [4.69, 9.17) is 4.52 Å². The molecule has 0 aliphatic heterocycles. The van der Waals surface area contributed by atoms with Crippen molar-refractivity contribution in [1.82, 2.24) is 0 Å². The molecule has 8 nitrogen and oxygen atoms in total. The average Bonchev–Trinajstić information content (AvgIpc) is 2.69. The summed E-state index contributed by atoms with van der Waals surface area (Å²) in [6, 6.07) is 0. The maximum absolute atomic E-state index is 12.0. The van der Waals surface area contributed by atoms with Crippen LogP contribution in [0.1, 0.15) is 103 Å². The largest absolute Gasteiger partial charge is 0.474 e. The lowest BCUT2D eigenvalue weighted by Gasteiger charge is -2.25. The summed E-state index contributed by atoms with van der Waals surface area (Å²) in [6.45, 7) is 2.66. The molecule has 3 atom stereocenters. The van der Waals surface area contributed by atoms with Crippen LogP contribution in [0.4, 0.5) is 0 Å². The van der Waals surface area contributed by atoms with E-state index in [0.717, 1.165) is 19.3 Å². The molecular formula is C24H51NO7P+. The molecule has 0 saturated heterocycles. The SMILES string of the molecule is CCCCCCCCCCCCCCCC(=O)CC(O)C(O)OP(=O)(O)OCC[N+](C)(C)C. The summed E-state index contributed by atoms with van der Waals surface area (Å²) in [5.74, 6) is -0.202. The summed E-state index contributed by atoms with van der Waals surface area (Å²) < 4.78 is 21.8. The van der Waals surface area contributed by atoms with Gasteiger partial charge in [0.1, 0.15) is 25.0 Å². The predicted octanol–water partition coefficient (Wildman–Crippen LogP) is 4.95. The number of hydrogen-bond donors (Lipinski definition) is 3. The number of ketones is 1. The maximum Gasteiger partial charge on any atom is 0.474 e. The smallest absolute Gasteiger partial charge is 0.387 e. The molecule has 0 bridgehead atoms. The molecule has 0 fully saturated rings. The van der Waals surface area contributed by atoms with Crippen LogP contribution in [0.15, 0.2) is 0 Å². The number of rotatable bonds is 23. The highest BCUT2D eigenvalue weighted by Crippen LogP contribution is 2.44. The Labute approximate surface area is 201 Å². The van der Waals surface area contributed by atoms with E-state index in [1.54, 1.807) is 0 Å². The minimum atomic E-state index is -4.51. The fourth-order valence-electron chi connectivity index (χ4n) is 3.44. The van der Waals surface area contributed by atoms with Crippen molar-refractivity contribution < 1.29 is 38.0 Å². The summed E-state index contributed by atoms with van der Waals surface area (Å²) >= 11 is 0. The van der Waals surface area contributed by atoms with Crippen LogP contribution in [0.25, 0.3) is 0 Å². The number of quaternary nitrogens is 1. The number of unbranched alkanes of at least 4 members (excludes halogenated alkanes) is 12. The van der Waals surface area contributed by atoms with Gasteiger partial charge in [-0.3, -0.25) is 13.8 Å². The van der Waals surface area contributed by atoms with Crippen LogP contribution >= 0.6 is 7.82 Å². The molecule has 0 aromatic rings. The molecule has 9 heteroatoms. The summed E-state index contributed by atoms with van der Waals surface area (Å²) in [4.78, 5) is 21.7. The normalized spacial score (nSPS) is 15.8. The van der Waals surface area contributed by atoms with Crippen LogP contribution in [0.5, 0.6) is 0 Å². The first-order chi connectivity index (χ1) is 15.5. The number of carbonyl (C=O) groups excluding carboxylic acids is 1. The number of likely N-dealkylation sites (N-methyl/N-ethyl adjacent to an activating group) is 1. The standard InChI is InChI=1S/C24H50NO7P/c1-5-6-7-8-9-10-11-12-13-14-15-16-17-18-22(26)21-23(27)24(28)32-33(29,30)31-20-19-25(2,3)4/h23-24,27-28H,5-21H2,1-4H3/p+1. The minimum Gasteiger partial charge on any atom is -0.387 e. The molecule has 0 spiro atoms. The van der Waals surface area contributed by atoms with Gasteiger partial charge in [-0.1, -0.05) is 84.0 Å². The quantitative estimate of drug-likeness (QED) is 0.0794. The van der Waals surface area contributed by atoms with Crippen molar-refractivity contribution >= 4 is 13.6 Å². The third-order valence-electron chi connectivity index (χ3n) is 5.58. The van der Waals surface area contributed by atoms with E-state index in [9.17, 15) is 24.5 Å². The van der Waals surface area contributed by atoms with Gasteiger partial charge in [-0.15, -0.1) is 0 Å². The molecule has 3 N–H and O–H groups in total. The monoisotopic (exact) mass is 496 g/mol. The highest BCUT2D eigenvalue weighted by molar-refractivity contribution is 7.47. The zero-order chi connectivity index (χ0) is 25.2. The lowest BCUT2D eigenvalue weighted by Crippen LogP contribution is -2.37. The Hall–Kier alpha value is -0.340. The number of aliphatic hydroxyl groups is 2. The molecule has 0 saturated carbocycles. The molecule has 0 aliphatic rings. The zero-order valence-electron chi connectivity index (χ0n) is 21.5. The number of aliphatic hydroxyl groups excluding tert-OH is 2. The second-order valence-electron chi connectivity index (χ2n) is 10.1. The second-order valence-corrected chi connectivity index (χ2v) is 11.5. The second kappa shape index (κ2) is 18.9. The van der Waals surface area contributed by atoms with Crippen molar-refractivity contribution in [2.24, 2.45) is 0 Å². The zero-order valence-corrected chi connectivity index (χ0v) is 22.4. The molecule has 3 unspecified atom stereocenters. The van der Waals surface area contributed by atoms with Gasteiger partial charge in [-0.2, -0.15) is 0 Å². The molecule has 198 valence electrons. The first-order valence-electron chi connectivity index (χ1n) is 12.8. The van der Waals surface area contributed by atoms with E-state index in [-0.39, 0.29) is 18.8 Å². The van der Waals surface area contributed by atoms with E-state index in [1.807, 2.05) is 21.1 Å². The fourth-order valence-corrected chi connectivity index (χ4v) is 4.23. The molecule has 0 radical (unpaired) electrons. The Morgan fingerprint density at radius 3 is 1.76 bits per heavy atom. The number of phosphoric acid groups is 1. The molecule has 0 amide bonds. The van der Waals surface area contributed by atoms with Crippen molar-refractivity contribution in [3.63, 3.8) is 0 Å². The van der Waals surface area contributed by atoms with E-state index in [2.05, 4.69) is 11.4 Å². The molecule has 0 rings (SSSR count). The van der Waals surface area contributed by atoms with Gasteiger partial charge in [-0.05, 0) is 6.42 Å². The molecular weight excluding hydrogens is 445 g/mol. The Bertz CT molecular complexity index is 539. The van der Waals surface area contributed by atoms with E-state index in [0.29, 0.717) is 17.4 Å². The Morgan fingerprint density at radius 2 is 1.30 bits per heavy atom. The van der Waals surface area contributed by atoms with Crippen LogP contribution in [0, 0.1) is 0 Å². The van der Waals surface area contributed by atoms with Crippen LogP contribution < -0.4 is 0 Å². The van der Waals surface area contributed by atoms with Gasteiger partial charge in [-0.25, -0.2) is 4.57 Å². The first-order valence-corrected chi connectivity index (χ1v) is 14.3. The Balaban J connectivity index is 3.76. The van der Waals surface area contributed by atoms with Gasteiger partial charge in [0.15, 0.2) is 6.29 Å². The van der Waals surface area contributed by atoms with Gasteiger partial charge in [0.25, 0.3) is 0 Å². The van der Waals surface area contributed by atoms with Crippen LogP contribution in [0.2, 0.25) is 0 Å².